The number of carbonyl (C=O) groups is 2. The number of halogens is 3. The Kier molecular flexibility index (Phi) is 3.05. The average molecular weight is 196 g/mol. The molecule has 0 amide bonds. The number of allylic oxidation sites excluding steroid dienone is 1. The summed E-state index contributed by atoms with van der Waals surface area (Å²) in [5.41, 5.74) is -3.64. The van der Waals surface area contributed by atoms with Gasteiger partial charge in [0, 0.05) is 11.1 Å². The minimum Gasteiger partial charge on any atom is -0.545 e. The SMILES string of the molecule is CC(=C(C(=O)[O-])C(=O)[O-])C(F)(F)F. The summed E-state index contributed by atoms with van der Waals surface area (Å²) in [4.78, 5) is 19.9. The predicted octanol–water partition coefficient (Wildman–Crippen LogP) is -1.64. The molecule has 0 bridgehead atoms. The third kappa shape index (κ3) is 2.77. The lowest BCUT2D eigenvalue weighted by atomic mass is 10.1. The van der Waals surface area contributed by atoms with Crippen LogP contribution in [0.4, 0.5) is 13.2 Å². The van der Waals surface area contributed by atoms with Crippen molar-refractivity contribution >= 4 is 11.9 Å². The smallest absolute Gasteiger partial charge is 0.413 e. The van der Waals surface area contributed by atoms with Gasteiger partial charge in [0.2, 0.25) is 0 Å². The largest absolute Gasteiger partial charge is 0.545 e. The highest BCUT2D eigenvalue weighted by molar-refractivity contribution is 6.11. The van der Waals surface area contributed by atoms with Crippen LogP contribution in [-0.2, 0) is 9.59 Å². The molecular weight excluding hydrogens is 193 g/mol. The summed E-state index contributed by atoms with van der Waals surface area (Å²) < 4.78 is 35.3. The molecule has 0 aliphatic rings. The topological polar surface area (TPSA) is 80.3 Å². The number of hydrogen-bond donors (Lipinski definition) is 0. The number of carboxylic acid groups (broad SMARTS) is 2. The van der Waals surface area contributed by atoms with Crippen LogP contribution in [0.3, 0.4) is 0 Å². The van der Waals surface area contributed by atoms with E-state index >= 15 is 0 Å². The number of carbonyl (C=O) groups excluding carboxylic acids is 2. The number of carboxylic acids is 2. The maximum absolute atomic E-state index is 11.8. The fourth-order valence-electron chi connectivity index (χ4n) is 0.531. The molecular formula is C6H3F3O4-2. The summed E-state index contributed by atoms with van der Waals surface area (Å²) in [5, 5.41) is 19.9. The van der Waals surface area contributed by atoms with E-state index in [0.29, 0.717) is 6.92 Å². The van der Waals surface area contributed by atoms with Crippen molar-refractivity contribution in [1.29, 1.82) is 0 Å². The molecule has 0 aromatic rings. The van der Waals surface area contributed by atoms with Crippen LogP contribution in [0.25, 0.3) is 0 Å². The van der Waals surface area contributed by atoms with E-state index in [-0.39, 0.29) is 0 Å². The van der Waals surface area contributed by atoms with Crippen LogP contribution >= 0.6 is 0 Å². The number of aliphatic carboxylic acids is 2. The monoisotopic (exact) mass is 196 g/mol. The molecule has 0 spiro atoms. The molecule has 0 aromatic carbocycles. The van der Waals surface area contributed by atoms with E-state index in [2.05, 4.69) is 0 Å². The molecule has 0 aromatic heterocycles. The molecule has 0 atom stereocenters. The Labute approximate surface area is 70.3 Å². The first-order chi connectivity index (χ1) is 5.68. The van der Waals surface area contributed by atoms with Gasteiger partial charge in [-0.2, -0.15) is 13.2 Å². The van der Waals surface area contributed by atoms with Gasteiger partial charge in [-0.3, -0.25) is 0 Å². The van der Waals surface area contributed by atoms with Crippen LogP contribution in [0.2, 0.25) is 0 Å². The molecule has 0 N–H and O–H groups in total. The van der Waals surface area contributed by atoms with Gasteiger partial charge in [-0.25, -0.2) is 0 Å². The summed E-state index contributed by atoms with van der Waals surface area (Å²) >= 11 is 0. The van der Waals surface area contributed by atoms with E-state index in [9.17, 15) is 33.0 Å². The van der Waals surface area contributed by atoms with Crippen molar-refractivity contribution in [2.45, 2.75) is 13.1 Å². The van der Waals surface area contributed by atoms with Gasteiger partial charge in [0.1, 0.15) is 0 Å². The van der Waals surface area contributed by atoms with Crippen LogP contribution in [-0.4, -0.2) is 18.1 Å². The van der Waals surface area contributed by atoms with Crippen LogP contribution in [0, 0.1) is 0 Å². The average Bonchev–Trinajstić information content (AvgIpc) is 1.82. The molecule has 0 unspecified atom stereocenters. The molecule has 0 saturated heterocycles. The third-order valence-corrected chi connectivity index (χ3v) is 1.21. The van der Waals surface area contributed by atoms with Gasteiger partial charge in [-0.05, 0) is 6.92 Å². The second-order valence-electron chi connectivity index (χ2n) is 2.07. The first-order valence-electron chi connectivity index (χ1n) is 2.88. The third-order valence-electron chi connectivity index (χ3n) is 1.21. The van der Waals surface area contributed by atoms with Gasteiger partial charge in [0.05, 0.1) is 11.9 Å². The maximum Gasteiger partial charge on any atom is 0.413 e. The zero-order valence-corrected chi connectivity index (χ0v) is 6.27. The van der Waals surface area contributed by atoms with Crippen LogP contribution < -0.4 is 10.2 Å². The highest BCUT2D eigenvalue weighted by Gasteiger charge is 2.33. The van der Waals surface area contributed by atoms with E-state index in [1.165, 1.54) is 0 Å². The lowest BCUT2D eigenvalue weighted by Gasteiger charge is -2.15. The molecule has 74 valence electrons. The van der Waals surface area contributed by atoms with Crippen molar-refractivity contribution in [2.75, 3.05) is 0 Å². The zero-order valence-electron chi connectivity index (χ0n) is 6.27. The Bertz CT molecular complexity index is 260. The Balaban J connectivity index is 5.36. The van der Waals surface area contributed by atoms with Gasteiger partial charge >= 0.3 is 6.18 Å². The molecule has 0 fully saturated rings. The molecule has 4 nitrogen and oxygen atoms in total. The normalized spacial score (nSPS) is 10.8. The van der Waals surface area contributed by atoms with Crippen molar-refractivity contribution in [3.8, 4) is 0 Å². The van der Waals surface area contributed by atoms with Gasteiger partial charge < -0.3 is 19.8 Å². The lowest BCUT2D eigenvalue weighted by molar-refractivity contribution is -0.312. The Morgan fingerprint density at radius 3 is 1.46 bits per heavy atom. The summed E-state index contributed by atoms with van der Waals surface area (Å²) in [6, 6.07) is 0. The highest BCUT2D eigenvalue weighted by Crippen LogP contribution is 2.27. The van der Waals surface area contributed by atoms with E-state index in [0.717, 1.165) is 0 Å². The van der Waals surface area contributed by atoms with Gasteiger partial charge in [-0.15, -0.1) is 0 Å². The van der Waals surface area contributed by atoms with Crippen molar-refractivity contribution in [1.82, 2.24) is 0 Å². The van der Waals surface area contributed by atoms with Crippen molar-refractivity contribution in [3.05, 3.63) is 11.1 Å². The van der Waals surface area contributed by atoms with E-state index in [1.54, 1.807) is 0 Å². The van der Waals surface area contributed by atoms with E-state index in [4.69, 9.17) is 0 Å². The Morgan fingerprint density at radius 1 is 1.08 bits per heavy atom. The summed E-state index contributed by atoms with van der Waals surface area (Å²) in [7, 11) is 0. The zero-order chi connectivity index (χ0) is 10.8. The predicted molar refractivity (Wildman–Crippen MR) is 28.8 cm³/mol. The second kappa shape index (κ2) is 3.46. The first kappa shape index (κ1) is 11.5. The number of alkyl halides is 3. The molecule has 0 heterocycles. The van der Waals surface area contributed by atoms with Crippen molar-refractivity contribution in [3.63, 3.8) is 0 Å². The van der Waals surface area contributed by atoms with Crippen LogP contribution in [0.1, 0.15) is 6.92 Å². The van der Waals surface area contributed by atoms with Gasteiger partial charge in [0.25, 0.3) is 0 Å². The number of rotatable bonds is 2. The molecule has 0 rings (SSSR count). The highest BCUT2D eigenvalue weighted by atomic mass is 19.4. The minimum atomic E-state index is -5.02. The summed E-state index contributed by atoms with van der Waals surface area (Å²) in [6.07, 6.45) is -5.02. The lowest BCUT2D eigenvalue weighted by Crippen LogP contribution is -2.38. The Hall–Kier alpha value is -1.53. The second-order valence-corrected chi connectivity index (χ2v) is 2.07. The van der Waals surface area contributed by atoms with Crippen LogP contribution in [0.15, 0.2) is 11.1 Å². The molecule has 0 aliphatic heterocycles. The maximum atomic E-state index is 11.8. The Morgan fingerprint density at radius 2 is 1.38 bits per heavy atom. The molecule has 13 heavy (non-hydrogen) atoms. The van der Waals surface area contributed by atoms with E-state index in [1.807, 2.05) is 0 Å². The molecule has 0 radical (unpaired) electrons. The molecule has 7 heteroatoms. The first-order valence-corrected chi connectivity index (χ1v) is 2.88. The van der Waals surface area contributed by atoms with Crippen molar-refractivity contribution in [2.24, 2.45) is 0 Å². The fraction of sp³-hybridized carbons (Fsp3) is 0.333. The quantitative estimate of drug-likeness (QED) is 0.301. The van der Waals surface area contributed by atoms with Crippen LogP contribution in [0.5, 0.6) is 0 Å². The van der Waals surface area contributed by atoms with E-state index < -0.39 is 29.3 Å². The molecule has 0 aliphatic carbocycles. The standard InChI is InChI=1S/C6H5F3O4/c1-2(6(7,8)9)3(4(10)11)5(12)13/h1H3,(H,10,11)(H,12,13)/p-2. The van der Waals surface area contributed by atoms with Crippen molar-refractivity contribution < 1.29 is 33.0 Å². The number of hydrogen-bond acceptors (Lipinski definition) is 4. The van der Waals surface area contributed by atoms with Gasteiger partial charge in [0.15, 0.2) is 0 Å². The fourth-order valence-corrected chi connectivity index (χ4v) is 0.531. The van der Waals surface area contributed by atoms with Gasteiger partial charge in [-0.1, -0.05) is 0 Å². The summed E-state index contributed by atoms with van der Waals surface area (Å²) in [5.74, 6) is -4.84. The molecule has 0 saturated carbocycles. The summed E-state index contributed by atoms with van der Waals surface area (Å²) in [6.45, 7) is 0.320. The minimum absolute atomic E-state index is 0.320.